The van der Waals surface area contributed by atoms with Gasteiger partial charge in [0.2, 0.25) is 5.91 Å². The monoisotopic (exact) mass is 243 g/mol. The summed E-state index contributed by atoms with van der Waals surface area (Å²) in [4.78, 5) is 11.0. The van der Waals surface area contributed by atoms with E-state index >= 15 is 0 Å². The zero-order valence-electron chi connectivity index (χ0n) is 9.27. The fourth-order valence-electron chi connectivity index (χ4n) is 1.38. The summed E-state index contributed by atoms with van der Waals surface area (Å²) in [6.45, 7) is 3.31. The summed E-state index contributed by atoms with van der Waals surface area (Å²) < 4.78 is 26.8. The number of aryl methyl sites for hydroxylation is 2. The molecular weight excluding hydrogens is 230 g/mol. The van der Waals surface area contributed by atoms with Gasteiger partial charge in [-0.15, -0.1) is 0 Å². The molecule has 0 unspecified atom stereocenters. The maximum absolute atomic E-state index is 11.0. The summed E-state index contributed by atoms with van der Waals surface area (Å²) in [5.41, 5.74) is 6.57. The van der Waals surface area contributed by atoms with Crippen LogP contribution in [0.25, 0.3) is 0 Å². The van der Waals surface area contributed by atoms with Gasteiger partial charge in [-0.05, 0) is 37.1 Å². The molecule has 0 aliphatic carbocycles. The Balaban J connectivity index is 3.28. The highest BCUT2D eigenvalue weighted by atomic mass is 32.2. The molecule has 1 aromatic carbocycles. The van der Waals surface area contributed by atoms with Gasteiger partial charge in [-0.2, -0.15) is 8.42 Å². The lowest BCUT2D eigenvalue weighted by Crippen LogP contribution is -2.13. The van der Waals surface area contributed by atoms with E-state index in [9.17, 15) is 13.2 Å². The Morgan fingerprint density at radius 1 is 1.25 bits per heavy atom. The van der Waals surface area contributed by atoms with Crippen LogP contribution in [0.5, 0.6) is 5.75 Å². The smallest absolute Gasteiger partial charge is 0.306 e. The zero-order chi connectivity index (χ0) is 12.5. The first-order valence-corrected chi connectivity index (χ1v) is 6.33. The molecule has 6 heteroatoms. The highest BCUT2D eigenvalue weighted by Gasteiger charge is 2.13. The second-order valence-electron chi connectivity index (χ2n) is 3.59. The van der Waals surface area contributed by atoms with Crippen LogP contribution in [0.3, 0.4) is 0 Å². The maximum Gasteiger partial charge on any atom is 0.306 e. The molecule has 0 atom stereocenters. The predicted molar refractivity (Wildman–Crippen MR) is 59.9 cm³/mol. The number of carbonyl (C=O) groups is 1. The van der Waals surface area contributed by atoms with Crippen molar-refractivity contribution >= 4 is 16.0 Å². The van der Waals surface area contributed by atoms with Crippen LogP contribution < -0.4 is 9.92 Å². The third kappa shape index (κ3) is 2.96. The van der Waals surface area contributed by atoms with Crippen LogP contribution >= 0.6 is 0 Å². The van der Waals surface area contributed by atoms with Gasteiger partial charge in [0.15, 0.2) is 0 Å². The van der Waals surface area contributed by atoms with E-state index in [0.717, 1.165) is 6.26 Å². The van der Waals surface area contributed by atoms with Gasteiger partial charge in [0.1, 0.15) is 5.75 Å². The lowest BCUT2D eigenvalue weighted by molar-refractivity contribution is 0.1000. The van der Waals surface area contributed by atoms with Crippen molar-refractivity contribution in [3.63, 3.8) is 0 Å². The molecule has 0 aromatic heterocycles. The first-order valence-electron chi connectivity index (χ1n) is 4.51. The van der Waals surface area contributed by atoms with Crippen LogP contribution in [0.2, 0.25) is 0 Å². The van der Waals surface area contributed by atoms with E-state index < -0.39 is 16.0 Å². The van der Waals surface area contributed by atoms with Crippen LogP contribution in [0.1, 0.15) is 21.5 Å². The van der Waals surface area contributed by atoms with E-state index in [4.69, 9.17) is 9.92 Å². The van der Waals surface area contributed by atoms with E-state index in [-0.39, 0.29) is 5.75 Å². The summed E-state index contributed by atoms with van der Waals surface area (Å²) in [5, 5.41) is 0. The van der Waals surface area contributed by atoms with E-state index in [0.29, 0.717) is 16.7 Å². The molecule has 0 bridgehead atoms. The van der Waals surface area contributed by atoms with Gasteiger partial charge in [-0.3, -0.25) is 4.79 Å². The van der Waals surface area contributed by atoms with Gasteiger partial charge in [0, 0.05) is 5.56 Å². The lowest BCUT2D eigenvalue weighted by Gasteiger charge is -2.10. The number of hydrogen-bond acceptors (Lipinski definition) is 4. The number of carbonyl (C=O) groups excluding carboxylic acids is 1. The Morgan fingerprint density at radius 3 is 2.00 bits per heavy atom. The molecule has 2 N–H and O–H groups in total. The fraction of sp³-hybridized carbons (Fsp3) is 0.300. The number of nitrogens with two attached hydrogens (primary N) is 1. The van der Waals surface area contributed by atoms with Crippen molar-refractivity contribution < 1.29 is 17.4 Å². The van der Waals surface area contributed by atoms with Crippen molar-refractivity contribution in [3.8, 4) is 5.75 Å². The maximum atomic E-state index is 11.0. The third-order valence-electron chi connectivity index (χ3n) is 1.98. The van der Waals surface area contributed by atoms with E-state index in [1.807, 2.05) is 0 Å². The minimum absolute atomic E-state index is 0.243. The molecule has 1 rings (SSSR count). The quantitative estimate of drug-likeness (QED) is 0.793. The first kappa shape index (κ1) is 12.5. The van der Waals surface area contributed by atoms with Crippen molar-refractivity contribution in [2.45, 2.75) is 13.8 Å². The normalized spacial score (nSPS) is 11.2. The van der Waals surface area contributed by atoms with Gasteiger partial charge < -0.3 is 9.92 Å². The van der Waals surface area contributed by atoms with Crippen LogP contribution in [0.15, 0.2) is 12.1 Å². The molecule has 0 heterocycles. The Hall–Kier alpha value is -1.56. The van der Waals surface area contributed by atoms with Crippen molar-refractivity contribution in [1.29, 1.82) is 0 Å². The topological polar surface area (TPSA) is 86.5 Å². The molecule has 1 amide bonds. The minimum Gasteiger partial charge on any atom is -0.382 e. The Morgan fingerprint density at radius 2 is 1.69 bits per heavy atom. The van der Waals surface area contributed by atoms with Crippen LogP contribution in [-0.4, -0.2) is 20.6 Å². The number of benzene rings is 1. The molecule has 0 saturated heterocycles. The summed E-state index contributed by atoms with van der Waals surface area (Å²) in [6.07, 6.45) is 0.966. The second-order valence-corrected chi connectivity index (χ2v) is 5.17. The zero-order valence-corrected chi connectivity index (χ0v) is 10.1. The van der Waals surface area contributed by atoms with Gasteiger partial charge in [-0.25, -0.2) is 0 Å². The van der Waals surface area contributed by atoms with Gasteiger partial charge in [0.25, 0.3) is 0 Å². The number of amides is 1. The molecule has 1 aromatic rings. The minimum atomic E-state index is -3.57. The lowest BCUT2D eigenvalue weighted by atomic mass is 10.1. The van der Waals surface area contributed by atoms with E-state index in [1.165, 1.54) is 12.1 Å². The number of primary amides is 1. The molecular formula is C10H13NO4S. The molecule has 0 saturated carbocycles. The number of rotatable bonds is 3. The standard InChI is InChI=1S/C10H13NO4S/c1-6-4-8(10(11)12)5-7(2)9(6)15-16(3,13)14/h4-5H,1-3H3,(H2,11,12). The molecule has 0 radical (unpaired) electrons. The van der Waals surface area contributed by atoms with Crippen LogP contribution in [0, 0.1) is 13.8 Å². The van der Waals surface area contributed by atoms with Crippen LogP contribution in [-0.2, 0) is 10.1 Å². The molecule has 0 aliphatic heterocycles. The largest absolute Gasteiger partial charge is 0.382 e. The Bertz CT molecular complexity index is 511. The average Bonchev–Trinajstić information content (AvgIpc) is 2.09. The first-order chi connectivity index (χ1) is 7.20. The summed E-state index contributed by atoms with van der Waals surface area (Å²) in [6, 6.07) is 2.99. The van der Waals surface area contributed by atoms with Crippen LogP contribution in [0.4, 0.5) is 0 Å². The molecule has 0 aliphatic rings. The molecule has 0 fully saturated rings. The summed E-state index contributed by atoms with van der Waals surface area (Å²) in [7, 11) is -3.57. The highest BCUT2D eigenvalue weighted by molar-refractivity contribution is 7.86. The molecule has 5 nitrogen and oxygen atoms in total. The van der Waals surface area contributed by atoms with Gasteiger partial charge >= 0.3 is 10.1 Å². The van der Waals surface area contributed by atoms with Crippen molar-refractivity contribution in [2.24, 2.45) is 5.73 Å². The Kier molecular flexibility index (Phi) is 3.23. The second kappa shape index (κ2) is 4.13. The third-order valence-corrected chi connectivity index (χ3v) is 2.45. The summed E-state index contributed by atoms with van der Waals surface area (Å²) >= 11 is 0. The summed E-state index contributed by atoms with van der Waals surface area (Å²) in [5.74, 6) is -0.315. The van der Waals surface area contributed by atoms with E-state index in [1.54, 1.807) is 13.8 Å². The van der Waals surface area contributed by atoms with Crippen molar-refractivity contribution in [3.05, 3.63) is 28.8 Å². The highest BCUT2D eigenvalue weighted by Crippen LogP contribution is 2.25. The molecule has 16 heavy (non-hydrogen) atoms. The number of hydrogen-bond donors (Lipinski definition) is 1. The Labute approximate surface area is 94.3 Å². The van der Waals surface area contributed by atoms with Gasteiger partial charge in [0.05, 0.1) is 6.26 Å². The van der Waals surface area contributed by atoms with Crippen molar-refractivity contribution in [1.82, 2.24) is 0 Å². The van der Waals surface area contributed by atoms with Crippen molar-refractivity contribution in [2.75, 3.05) is 6.26 Å². The SMILES string of the molecule is Cc1cc(C(N)=O)cc(C)c1OS(C)(=O)=O. The molecule has 0 spiro atoms. The average molecular weight is 243 g/mol. The fourth-order valence-corrected chi connectivity index (χ4v) is 1.94. The van der Waals surface area contributed by atoms with Gasteiger partial charge in [-0.1, -0.05) is 0 Å². The molecule has 88 valence electrons. The van der Waals surface area contributed by atoms with E-state index in [2.05, 4.69) is 0 Å². The predicted octanol–water partition coefficient (Wildman–Crippen LogP) is 0.741.